The lowest BCUT2D eigenvalue weighted by molar-refractivity contribution is 0.547. The largest absolute Gasteiger partial charge is 0.617 e. The van der Waals surface area contributed by atoms with E-state index in [9.17, 15) is 4.55 Å². The molecule has 0 heterocycles. The fraction of sp³-hybridized carbons (Fsp3) is 1.00. The van der Waals surface area contributed by atoms with Crippen molar-refractivity contribution in [1.82, 2.24) is 0 Å². The monoisotopic (exact) mass is 135 g/mol. The third kappa shape index (κ3) is 6.27. The Morgan fingerprint density at radius 2 is 2.00 bits per heavy atom. The highest BCUT2D eigenvalue weighted by Crippen LogP contribution is 1.99. The van der Waals surface area contributed by atoms with Gasteiger partial charge in [-0.25, -0.2) is 0 Å². The normalized spacial score (nSPS) is 16.1. The lowest BCUT2D eigenvalue weighted by Crippen LogP contribution is -2.39. The summed E-state index contributed by atoms with van der Waals surface area (Å²) in [5, 5.41) is 0. The molecule has 50 valence electrons. The van der Waals surface area contributed by atoms with Gasteiger partial charge in [0, 0.05) is 0 Å². The van der Waals surface area contributed by atoms with Gasteiger partial charge in [0.25, 0.3) is 0 Å². The Kier molecular flexibility index (Phi) is 2.80. The van der Waals surface area contributed by atoms with Crippen LogP contribution in [0.15, 0.2) is 0 Å². The summed E-state index contributed by atoms with van der Waals surface area (Å²) in [5.41, 5.74) is 5.27. The minimum absolute atomic E-state index is 0.278. The number of hydrogen-bond donors (Lipinski definition) is 1. The van der Waals surface area contributed by atoms with Gasteiger partial charge in [-0.15, -0.1) is 0 Å². The predicted molar refractivity (Wildman–Crippen MR) is 37.2 cm³/mol. The summed E-state index contributed by atoms with van der Waals surface area (Å²) < 4.78 is 10.5. The van der Waals surface area contributed by atoms with E-state index in [1.165, 1.54) is 0 Å². The molecule has 3 heteroatoms. The van der Waals surface area contributed by atoms with Crippen LogP contribution >= 0.6 is 0 Å². The van der Waals surface area contributed by atoms with E-state index in [2.05, 4.69) is 0 Å². The van der Waals surface area contributed by atoms with Crippen LogP contribution < -0.4 is 5.73 Å². The van der Waals surface area contributed by atoms with Crippen LogP contribution in [0.3, 0.4) is 0 Å². The Balaban J connectivity index is 3.39. The molecular formula is C5H13NOS. The molecule has 0 saturated carbocycles. The van der Waals surface area contributed by atoms with Crippen molar-refractivity contribution in [2.24, 2.45) is 5.73 Å². The predicted octanol–water partition coefficient (Wildman–Crippen LogP) is 0.102. The van der Waals surface area contributed by atoms with Gasteiger partial charge in [0.05, 0.1) is 11.8 Å². The molecule has 0 aromatic carbocycles. The topological polar surface area (TPSA) is 49.1 Å². The van der Waals surface area contributed by atoms with Crippen molar-refractivity contribution in [1.29, 1.82) is 0 Å². The van der Waals surface area contributed by atoms with Crippen LogP contribution in [0, 0.1) is 0 Å². The first-order valence-electron chi connectivity index (χ1n) is 2.51. The van der Waals surface area contributed by atoms with Crippen molar-refractivity contribution in [3.63, 3.8) is 0 Å². The number of rotatable bonds is 2. The molecule has 0 aliphatic rings. The molecule has 8 heavy (non-hydrogen) atoms. The van der Waals surface area contributed by atoms with E-state index in [1.807, 2.05) is 13.8 Å². The van der Waals surface area contributed by atoms with Crippen molar-refractivity contribution in [3.05, 3.63) is 0 Å². The Hall–Kier alpha value is 0.270. The van der Waals surface area contributed by atoms with Gasteiger partial charge >= 0.3 is 0 Å². The van der Waals surface area contributed by atoms with Gasteiger partial charge < -0.3 is 10.3 Å². The Morgan fingerprint density at radius 1 is 1.62 bits per heavy atom. The van der Waals surface area contributed by atoms with Gasteiger partial charge in [0.1, 0.15) is 5.75 Å². The van der Waals surface area contributed by atoms with Crippen LogP contribution in [0.25, 0.3) is 0 Å². The van der Waals surface area contributed by atoms with Crippen LogP contribution in [0.5, 0.6) is 0 Å². The van der Waals surface area contributed by atoms with E-state index in [0.717, 1.165) is 0 Å². The van der Waals surface area contributed by atoms with Crippen molar-refractivity contribution in [2.45, 2.75) is 19.4 Å². The summed E-state index contributed by atoms with van der Waals surface area (Å²) in [6.45, 7) is 3.74. The van der Waals surface area contributed by atoms with E-state index in [-0.39, 0.29) is 5.54 Å². The first kappa shape index (κ1) is 8.27. The second-order valence-electron chi connectivity index (χ2n) is 2.71. The lowest BCUT2D eigenvalue weighted by atomic mass is 10.1. The highest BCUT2D eigenvalue weighted by Gasteiger charge is 2.15. The zero-order valence-electron chi connectivity index (χ0n) is 5.60. The van der Waals surface area contributed by atoms with Crippen LogP contribution in [-0.2, 0) is 11.2 Å². The summed E-state index contributed by atoms with van der Waals surface area (Å²) in [7, 11) is 0. The summed E-state index contributed by atoms with van der Waals surface area (Å²) in [6, 6.07) is 0. The van der Waals surface area contributed by atoms with Gasteiger partial charge in [-0.2, -0.15) is 0 Å². The second-order valence-corrected chi connectivity index (χ2v) is 4.14. The van der Waals surface area contributed by atoms with E-state index < -0.39 is 11.2 Å². The molecule has 0 aromatic heterocycles. The second kappa shape index (κ2) is 2.71. The summed E-state index contributed by atoms with van der Waals surface area (Å²) in [4.78, 5) is 0. The molecule has 0 aliphatic carbocycles. The smallest absolute Gasteiger partial charge is 0.122 e. The standard InChI is InChI=1S/C5H13NOS/c1-5(2,6)4-8(3)7/h4,6H2,1-3H3. The molecule has 0 aromatic rings. The van der Waals surface area contributed by atoms with Crippen molar-refractivity contribution < 1.29 is 4.55 Å². The number of hydrogen-bond acceptors (Lipinski definition) is 2. The molecule has 1 unspecified atom stereocenters. The van der Waals surface area contributed by atoms with Crippen LogP contribution in [-0.4, -0.2) is 22.1 Å². The van der Waals surface area contributed by atoms with E-state index >= 15 is 0 Å². The van der Waals surface area contributed by atoms with Gasteiger partial charge in [-0.3, -0.25) is 0 Å². The third-order valence-corrected chi connectivity index (χ3v) is 1.73. The highest BCUT2D eigenvalue weighted by molar-refractivity contribution is 7.90. The van der Waals surface area contributed by atoms with Gasteiger partial charge in [0.2, 0.25) is 0 Å². The molecule has 0 bridgehead atoms. The van der Waals surface area contributed by atoms with Gasteiger partial charge in [-0.1, -0.05) is 11.2 Å². The average molecular weight is 135 g/mol. The molecule has 2 nitrogen and oxygen atoms in total. The molecule has 0 aliphatic heterocycles. The Labute approximate surface area is 53.6 Å². The maximum atomic E-state index is 10.5. The van der Waals surface area contributed by atoms with Crippen molar-refractivity contribution in [2.75, 3.05) is 12.0 Å². The molecule has 0 amide bonds. The van der Waals surface area contributed by atoms with Gasteiger partial charge in [0.15, 0.2) is 0 Å². The number of nitrogens with two attached hydrogens (primary N) is 1. The molecule has 0 radical (unpaired) electrons. The molecule has 0 spiro atoms. The lowest BCUT2D eigenvalue weighted by Gasteiger charge is -2.17. The molecule has 1 atom stereocenters. The minimum Gasteiger partial charge on any atom is -0.617 e. The zero-order chi connectivity index (χ0) is 6.78. The van der Waals surface area contributed by atoms with Crippen LogP contribution in [0.2, 0.25) is 0 Å². The maximum Gasteiger partial charge on any atom is 0.122 e. The molecule has 0 rings (SSSR count). The third-order valence-electron chi connectivity index (χ3n) is 0.575. The average Bonchev–Trinajstić information content (AvgIpc) is 1.21. The SMILES string of the molecule is C[S+]([O-])CC(C)(C)N. The summed E-state index contributed by atoms with van der Waals surface area (Å²) in [6.07, 6.45) is 1.66. The highest BCUT2D eigenvalue weighted by atomic mass is 32.2. The molecule has 0 saturated heterocycles. The fourth-order valence-electron chi connectivity index (χ4n) is 0.524. The molecule has 2 N–H and O–H groups in total. The fourth-order valence-corrected chi connectivity index (χ4v) is 1.57. The van der Waals surface area contributed by atoms with Crippen molar-refractivity contribution in [3.8, 4) is 0 Å². The Morgan fingerprint density at radius 3 is 2.00 bits per heavy atom. The quantitative estimate of drug-likeness (QED) is 0.546. The van der Waals surface area contributed by atoms with Crippen molar-refractivity contribution >= 4 is 11.2 Å². The minimum atomic E-state index is -0.760. The Bertz CT molecular complexity index is 67.3. The first-order valence-corrected chi connectivity index (χ1v) is 4.23. The molecular weight excluding hydrogens is 122 g/mol. The molecule has 0 fully saturated rings. The maximum absolute atomic E-state index is 10.5. The van der Waals surface area contributed by atoms with E-state index in [1.54, 1.807) is 6.26 Å². The van der Waals surface area contributed by atoms with Crippen LogP contribution in [0.1, 0.15) is 13.8 Å². The van der Waals surface area contributed by atoms with E-state index in [4.69, 9.17) is 5.73 Å². The van der Waals surface area contributed by atoms with Gasteiger partial charge in [-0.05, 0) is 13.8 Å². The first-order chi connectivity index (χ1) is 3.42. The van der Waals surface area contributed by atoms with Crippen LogP contribution in [0.4, 0.5) is 0 Å². The van der Waals surface area contributed by atoms with E-state index in [0.29, 0.717) is 5.75 Å². The summed E-state index contributed by atoms with van der Waals surface area (Å²) in [5.74, 6) is 0.576. The summed E-state index contributed by atoms with van der Waals surface area (Å²) >= 11 is -0.760. The zero-order valence-corrected chi connectivity index (χ0v) is 6.42.